The molecule has 6 nitrogen and oxygen atoms in total. The molecule has 2 N–H and O–H groups in total. The van der Waals surface area contributed by atoms with Crippen LogP contribution in [0.1, 0.15) is 40.6 Å². The van der Waals surface area contributed by atoms with Gasteiger partial charge in [-0.15, -0.1) is 0 Å². The van der Waals surface area contributed by atoms with Gasteiger partial charge in [-0.3, -0.25) is 4.79 Å². The molecule has 1 aromatic carbocycles. The molecular weight excluding hydrogens is 308 g/mol. The lowest BCUT2D eigenvalue weighted by atomic mass is 10.0. The molecule has 2 aromatic rings. The fraction of sp³-hybridized carbons (Fsp3) is 0.389. The summed E-state index contributed by atoms with van der Waals surface area (Å²) in [6, 6.07) is 7.71. The lowest BCUT2D eigenvalue weighted by molar-refractivity contribution is 0.0734. The minimum atomic E-state index is -0.0177. The largest absolute Gasteiger partial charge is 0.486 e. The average molecular weight is 328 g/mol. The van der Waals surface area contributed by atoms with Crippen LogP contribution in [0.5, 0.6) is 11.5 Å². The fourth-order valence-electron chi connectivity index (χ4n) is 3.39. The lowest BCUT2D eigenvalue weighted by Gasteiger charge is -2.26. The zero-order chi connectivity index (χ0) is 16.5. The Morgan fingerprint density at radius 1 is 1.21 bits per heavy atom. The third-order valence-electron chi connectivity index (χ3n) is 4.57. The van der Waals surface area contributed by atoms with E-state index in [-0.39, 0.29) is 11.9 Å². The quantitative estimate of drug-likeness (QED) is 0.936. The van der Waals surface area contributed by atoms with E-state index in [0.717, 1.165) is 36.4 Å². The van der Waals surface area contributed by atoms with Crippen LogP contribution < -0.4 is 15.2 Å². The standard InChI is InChI=1S/C18H20N2O4/c19-10-14-8-13(11-24-14)18(21)20-5-1-2-15(20)12-3-4-16-17(9-12)23-7-6-22-16/h3-4,8-9,11,15H,1-2,5-7,10,19H2. The van der Waals surface area contributed by atoms with Crippen molar-refractivity contribution >= 4 is 5.91 Å². The lowest BCUT2D eigenvalue weighted by Crippen LogP contribution is -2.30. The van der Waals surface area contributed by atoms with Crippen molar-refractivity contribution in [1.82, 2.24) is 4.90 Å². The summed E-state index contributed by atoms with van der Waals surface area (Å²) in [7, 11) is 0. The number of nitrogens with zero attached hydrogens (tertiary/aromatic N) is 1. The molecule has 0 bridgehead atoms. The van der Waals surface area contributed by atoms with Crippen molar-refractivity contribution in [2.45, 2.75) is 25.4 Å². The van der Waals surface area contributed by atoms with Gasteiger partial charge in [-0.05, 0) is 36.6 Å². The predicted octanol–water partition coefficient (Wildman–Crippen LogP) is 2.49. The van der Waals surface area contributed by atoms with Crippen molar-refractivity contribution in [1.29, 1.82) is 0 Å². The third-order valence-corrected chi connectivity index (χ3v) is 4.57. The van der Waals surface area contributed by atoms with Gasteiger partial charge in [0, 0.05) is 6.54 Å². The average Bonchev–Trinajstić information content (AvgIpc) is 3.30. The zero-order valence-corrected chi connectivity index (χ0v) is 13.4. The van der Waals surface area contributed by atoms with Crippen molar-refractivity contribution < 1.29 is 18.7 Å². The first-order chi connectivity index (χ1) is 11.8. The number of amides is 1. The van der Waals surface area contributed by atoms with Crippen molar-refractivity contribution in [2.75, 3.05) is 19.8 Å². The second-order valence-electron chi connectivity index (χ2n) is 6.07. The van der Waals surface area contributed by atoms with Crippen molar-refractivity contribution in [2.24, 2.45) is 5.73 Å². The van der Waals surface area contributed by atoms with E-state index in [9.17, 15) is 4.79 Å². The molecule has 3 heterocycles. The highest BCUT2D eigenvalue weighted by Gasteiger charge is 2.32. The number of likely N-dealkylation sites (tertiary alicyclic amines) is 1. The molecular formula is C18H20N2O4. The molecule has 6 heteroatoms. The molecule has 0 radical (unpaired) electrons. The first-order valence-electron chi connectivity index (χ1n) is 8.24. The summed E-state index contributed by atoms with van der Waals surface area (Å²) >= 11 is 0. The van der Waals surface area contributed by atoms with Gasteiger partial charge in [0.05, 0.1) is 18.2 Å². The van der Waals surface area contributed by atoms with Crippen molar-refractivity contribution in [3.05, 3.63) is 47.4 Å². The Hall–Kier alpha value is -2.47. The first kappa shape index (κ1) is 15.1. The van der Waals surface area contributed by atoms with E-state index >= 15 is 0 Å². The maximum absolute atomic E-state index is 12.8. The van der Waals surface area contributed by atoms with Gasteiger partial charge in [0.15, 0.2) is 11.5 Å². The minimum absolute atomic E-state index is 0.0177. The van der Waals surface area contributed by atoms with Gasteiger partial charge in [-0.2, -0.15) is 0 Å². The third kappa shape index (κ3) is 2.63. The highest BCUT2D eigenvalue weighted by Crippen LogP contribution is 2.38. The number of ether oxygens (including phenoxy) is 2. The summed E-state index contributed by atoms with van der Waals surface area (Å²) < 4.78 is 16.5. The van der Waals surface area contributed by atoms with Crippen LogP contribution in [0.2, 0.25) is 0 Å². The number of benzene rings is 1. The van der Waals surface area contributed by atoms with Gasteiger partial charge in [0.2, 0.25) is 0 Å². The number of furan rings is 1. The van der Waals surface area contributed by atoms with Crippen LogP contribution in [0.4, 0.5) is 0 Å². The van der Waals surface area contributed by atoms with Crippen LogP contribution >= 0.6 is 0 Å². The van der Waals surface area contributed by atoms with E-state index in [0.29, 0.717) is 31.1 Å². The molecule has 0 spiro atoms. The highest BCUT2D eigenvalue weighted by molar-refractivity contribution is 5.94. The second-order valence-corrected chi connectivity index (χ2v) is 6.07. The van der Waals surface area contributed by atoms with Crippen LogP contribution in [0.25, 0.3) is 0 Å². The van der Waals surface area contributed by atoms with E-state index in [4.69, 9.17) is 19.6 Å². The number of fused-ring (bicyclic) bond motifs is 1. The Labute approximate surface area is 140 Å². The molecule has 1 unspecified atom stereocenters. The van der Waals surface area contributed by atoms with Gasteiger partial charge in [0.25, 0.3) is 5.91 Å². The van der Waals surface area contributed by atoms with Crippen LogP contribution in [0.15, 0.2) is 34.9 Å². The monoisotopic (exact) mass is 328 g/mol. The maximum Gasteiger partial charge on any atom is 0.257 e. The number of rotatable bonds is 3. The van der Waals surface area contributed by atoms with Crippen LogP contribution in [-0.4, -0.2) is 30.6 Å². The van der Waals surface area contributed by atoms with Crippen LogP contribution in [0.3, 0.4) is 0 Å². The maximum atomic E-state index is 12.8. The Bertz CT molecular complexity index is 755. The molecule has 0 saturated carbocycles. The van der Waals surface area contributed by atoms with Gasteiger partial charge < -0.3 is 24.5 Å². The topological polar surface area (TPSA) is 77.9 Å². The van der Waals surface area contributed by atoms with Crippen molar-refractivity contribution in [3.63, 3.8) is 0 Å². The van der Waals surface area contributed by atoms with Crippen molar-refractivity contribution in [3.8, 4) is 11.5 Å². The summed E-state index contributed by atoms with van der Waals surface area (Å²) in [5.41, 5.74) is 7.19. The van der Waals surface area contributed by atoms with E-state index in [1.165, 1.54) is 6.26 Å². The number of hydrogen-bond donors (Lipinski definition) is 1. The Balaban J connectivity index is 1.59. The SMILES string of the molecule is NCc1cc(C(=O)N2CCCC2c2ccc3c(c2)OCCO3)co1. The Kier molecular flexibility index (Phi) is 3.90. The zero-order valence-electron chi connectivity index (χ0n) is 13.4. The number of carbonyl (C=O) groups excluding carboxylic acids is 1. The molecule has 4 rings (SSSR count). The molecule has 0 aliphatic carbocycles. The molecule has 1 fully saturated rings. The van der Waals surface area contributed by atoms with E-state index in [1.807, 2.05) is 23.1 Å². The first-order valence-corrected chi connectivity index (χ1v) is 8.24. The Morgan fingerprint density at radius 3 is 2.83 bits per heavy atom. The summed E-state index contributed by atoms with van der Waals surface area (Å²) in [5.74, 6) is 2.12. The normalized spacial score (nSPS) is 19.5. The minimum Gasteiger partial charge on any atom is -0.486 e. The second kappa shape index (κ2) is 6.20. The number of hydrogen-bond acceptors (Lipinski definition) is 5. The van der Waals surface area contributed by atoms with Crippen LogP contribution in [0, 0.1) is 0 Å². The fourth-order valence-corrected chi connectivity index (χ4v) is 3.39. The molecule has 2 aliphatic heterocycles. The summed E-state index contributed by atoms with van der Waals surface area (Å²) in [6.07, 6.45) is 3.41. The molecule has 126 valence electrons. The summed E-state index contributed by atoms with van der Waals surface area (Å²) in [6.45, 7) is 2.16. The Morgan fingerprint density at radius 2 is 2.04 bits per heavy atom. The van der Waals surface area contributed by atoms with Crippen LogP contribution in [-0.2, 0) is 6.54 Å². The van der Waals surface area contributed by atoms with Gasteiger partial charge in [-0.25, -0.2) is 0 Å². The molecule has 24 heavy (non-hydrogen) atoms. The summed E-state index contributed by atoms with van der Waals surface area (Å²) in [5, 5.41) is 0. The molecule has 1 amide bonds. The summed E-state index contributed by atoms with van der Waals surface area (Å²) in [4.78, 5) is 14.7. The number of nitrogens with two attached hydrogens (primary N) is 1. The highest BCUT2D eigenvalue weighted by atomic mass is 16.6. The molecule has 1 saturated heterocycles. The van der Waals surface area contributed by atoms with E-state index < -0.39 is 0 Å². The van der Waals surface area contributed by atoms with E-state index in [1.54, 1.807) is 6.07 Å². The predicted molar refractivity (Wildman–Crippen MR) is 87.0 cm³/mol. The van der Waals surface area contributed by atoms with Gasteiger partial charge in [0.1, 0.15) is 25.2 Å². The smallest absolute Gasteiger partial charge is 0.257 e. The van der Waals surface area contributed by atoms with E-state index in [2.05, 4.69) is 0 Å². The molecule has 2 aliphatic rings. The number of carbonyl (C=O) groups is 1. The van der Waals surface area contributed by atoms with Gasteiger partial charge >= 0.3 is 0 Å². The van der Waals surface area contributed by atoms with Gasteiger partial charge in [-0.1, -0.05) is 6.07 Å². The molecule has 1 atom stereocenters. The molecule has 1 aromatic heterocycles.